The van der Waals surface area contributed by atoms with Crippen LogP contribution in [0.15, 0.2) is 4.99 Å². The number of likely N-dealkylation sites (N-methyl/N-ethyl adjacent to an activating group) is 2. The Balaban J connectivity index is 2.21. The number of hydrogen-bond donors (Lipinski definition) is 2. The molecular formula is C12H29N5+2. The van der Waals surface area contributed by atoms with Gasteiger partial charge in [-0.2, -0.15) is 0 Å². The number of nitrogens with zero attached hydrogens (tertiary/aromatic N) is 3. The molecule has 0 radical (unpaired) electrons. The van der Waals surface area contributed by atoms with E-state index in [1.54, 1.807) is 0 Å². The van der Waals surface area contributed by atoms with Crippen molar-refractivity contribution >= 4 is 5.96 Å². The van der Waals surface area contributed by atoms with Crippen molar-refractivity contribution in [3.8, 4) is 0 Å². The Labute approximate surface area is 105 Å². The molecule has 1 rings (SSSR count). The van der Waals surface area contributed by atoms with Gasteiger partial charge >= 0.3 is 0 Å². The zero-order valence-electron chi connectivity index (χ0n) is 11.7. The van der Waals surface area contributed by atoms with E-state index >= 15 is 0 Å². The molecule has 0 aliphatic carbocycles. The summed E-state index contributed by atoms with van der Waals surface area (Å²) in [6.07, 6.45) is 2.30. The van der Waals surface area contributed by atoms with E-state index in [0.717, 1.165) is 13.0 Å². The zero-order chi connectivity index (χ0) is 12.9. The molecule has 5 heteroatoms. The summed E-state index contributed by atoms with van der Waals surface area (Å²) in [5.41, 5.74) is 10.6. The van der Waals surface area contributed by atoms with Crippen LogP contribution in [0.4, 0.5) is 0 Å². The quantitative estimate of drug-likeness (QED) is 0.298. The monoisotopic (exact) mass is 243 g/mol. The van der Waals surface area contributed by atoms with Gasteiger partial charge in [-0.05, 0) is 12.8 Å². The fraction of sp³-hybridized carbons (Fsp3) is 0.917. The van der Waals surface area contributed by atoms with Crippen molar-refractivity contribution in [3.63, 3.8) is 0 Å². The first-order valence-corrected chi connectivity index (χ1v) is 6.54. The summed E-state index contributed by atoms with van der Waals surface area (Å²) in [5, 5.41) is 0. The van der Waals surface area contributed by atoms with Crippen molar-refractivity contribution in [1.82, 2.24) is 0 Å². The Morgan fingerprint density at radius 3 is 2.12 bits per heavy atom. The Kier molecular flexibility index (Phi) is 4.77. The Hall–Kier alpha value is -0.810. The van der Waals surface area contributed by atoms with Crippen LogP contribution in [0.3, 0.4) is 0 Å². The van der Waals surface area contributed by atoms with Gasteiger partial charge in [0.1, 0.15) is 26.2 Å². The van der Waals surface area contributed by atoms with Crippen molar-refractivity contribution in [1.29, 1.82) is 0 Å². The van der Waals surface area contributed by atoms with Crippen molar-refractivity contribution in [2.75, 3.05) is 60.4 Å². The minimum atomic E-state index is 0.211. The molecule has 0 amide bonds. The molecule has 1 aliphatic rings. The number of nitrogens with two attached hydrogens (primary N) is 2. The molecule has 0 saturated carbocycles. The number of piperazine rings is 1. The molecule has 1 fully saturated rings. The predicted molar refractivity (Wildman–Crippen MR) is 72.5 cm³/mol. The lowest BCUT2D eigenvalue weighted by Crippen LogP contribution is -2.62. The number of quaternary nitrogens is 2. The molecule has 0 bridgehead atoms. The second kappa shape index (κ2) is 5.69. The van der Waals surface area contributed by atoms with Crippen LogP contribution >= 0.6 is 0 Å². The van der Waals surface area contributed by atoms with Gasteiger partial charge in [0, 0.05) is 6.54 Å². The van der Waals surface area contributed by atoms with E-state index in [0.29, 0.717) is 0 Å². The van der Waals surface area contributed by atoms with Gasteiger partial charge in [-0.3, -0.25) is 4.99 Å². The number of guanidine groups is 1. The van der Waals surface area contributed by atoms with E-state index in [1.807, 2.05) is 0 Å². The summed E-state index contributed by atoms with van der Waals surface area (Å²) < 4.78 is 2.38. The van der Waals surface area contributed by atoms with Crippen molar-refractivity contribution in [3.05, 3.63) is 0 Å². The molecule has 0 aromatic carbocycles. The first-order valence-electron chi connectivity index (χ1n) is 6.54. The van der Waals surface area contributed by atoms with Gasteiger partial charge in [-0.15, -0.1) is 0 Å². The highest BCUT2D eigenvalue weighted by Crippen LogP contribution is 2.14. The predicted octanol–water partition coefficient (Wildman–Crippen LogP) is -0.423. The molecule has 4 N–H and O–H groups in total. The molecule has 0 aromatic heterocycles. The van der Waals surface area contributed by atoms with Gasteiger partial charge in [0.15, 0.2) is 5.96 Å². The largest absolute Gasteiger partial charge is 0.370 e. The molecule has 5 nitrogen and oxygen atoms in total. The van der Waals surface area contributed by atoms with E-state index in [9.17, 15) is 0 Å². The number of rotatable bonds is 5. The van der Waals surface area contributed by atoms with Crippen LogP contribution < -0.4 is 11.5 Å². The third-order valence-corrected chi connectivity index (χ3v) is 3.89. The molecular weight excluding hydrogens is 214 g/mol. The fourth-order valence-electron chi connectivity index (χ4n) is 2.28. The van der Waals surface area contributed by atoms with Crippen LogP contribution in [0.1, 0.15) is 12.8 Å². The Morgan fingerprint density at radius 1 is 1.00 bits per heavy atom. The number of hydrogen-bond acceptors (Lipinski definition) is 1. The number of aliphatic imine (C=N–C) groups is 1. The maximum Gasteiger partial charge on any atom is 0.185 e. The fourth-order valence-corrected chi connectivity index (χ4v) is 2.28. The van der Waals surface area contributed by atoms with Gasteiger partial charge < -0.3 is 20.4 Å². The molecule has 1 saturated heterocycles. The third-order valence-electron chi connectivity index (χ3n) is 3.89. The third kappa shape index (κ3) is 5.37. The molecule has 1 heterocycles. The van der Waals surface area contributed by atoms with Gasteiger partial charge in [0.05, 0.1) is 27.7 Å². The van der Waals surface area contributed by atoms with Crippen LogP contribution in [0.5, 0.6) is 0 Å². The van der Waals surface area contributed by atoms with E-state index in [-0.39, 0.29) is 5.96 Å². The molecule has 0 unspecified atom stereocenters. The lowest BCUT2D eigenvalue weighted by molar-refractivity contribution is -1.01. The maximum atomic E-state index is 5.30. The van der Waals surface area contributed by atoms with Gasteiger partial charge in [-0.1, -0.05) is 0 Å². The minimum Gasteiger partial charge on any atom is -0.370 e. The average molecular weight is 243 g/mol. The normalized spacial score (nSPS) is 22.1. The lowest BCUT2D eigenvalue weighted by Gasteiger charge is -2.44. The highest BCUT2D eigenvalue weighted by Gasteiger charge is 2.33. The van der Waals surface area contributed by atoms with E-state index in [4.69, 9.17) is 11.5 Å². The second-order valence-corrected chi connectivity index (χ2v) is 6.19. The van der Waals surface area contributed by atoms with E-state index in [1.165, 1.54) is 48.1 Å². The molecule has 0 spiro atoms. The topological polar surface area (TPSA) is 64.4 Å². The van der Waals surface area contributed by atoms with Crippen LogP contribution in [-0.4, -0.2) is 75.3 Å². The van der Waals surface area contributed by atoms with Crippen LogP contribution in [0.25, 0.3) is 0 Å². The molecule has 1 aliphatic heterocycles. The number of unbranched alkanes of at least 4 members (excludes halogenated alkanes) is 1. The minimum absolute atomic E-state index is 0.211. The van der Waals surface area contributed by atoms with Gasteiger partial charge in [-0.25, -0.2) is 0 Å². The molecule has 0 aromatic rings. The first kappa shape index (κ1) is 14.3. The summed E-state index contributed by atoms with van der Waals surface area (Å²) in [6.45, 7) is 7.16. The second-order valence-electron chi connectivity index (χ2n) is 6.19. The smallest absolute Gasteiger partial charge is 0.185 e. The summed E-state index contributed by atoms with van der Waals surface area (Å²) in [5.74, 6) is 0.211. The summed E-state index contributed by atoms with van der Waals surface area (Å²) in [6, 6.07) is 0. The van der Waals surface area contributed by atoms with E-state index < -0.39 is 0 Å². The van der Waals surface area contributed by atoms with E-state index in [2.05, 4.69) is 26.1 Å². The zero-order valence-corrected chi connectivity index (χ0v) is 11.7. The van der Waals surface area contributed by atoms with Gasteiger partial charge in [0.2, 0.25) is 0 Å². The SMILES string of the molecule is C[N+]1(C)CC[N+](C)(CCCCN=C(N)N)CC1. The first-order chi connectivity index (χ1) is 7.83. The lowest BCUT2D eigenvalue weighted by atomic mass is 10.2. The average Bonchev–Trinajstić information content (AvgIpc) is 2.23. The highest BCUT2D eigenvalue weighted by molar-refractivity contribution is 5.75. The van der Waals surface area contributed by atoms with Crippen LogP contribution in [0.2, 0.25) is 0 Å². The standard InChI is InChI=1S/C12H29N5/c1-16(2)8-10-17(3,11-9-16)7-5-4-6-15-12(13)14/h4-11H2,1-3H3,(H4,13,14,15)/q+2. The summed E-state index contributed by atoms with van der Waals surface area (Å²) in [4.78, 5) is 4.02. The van der Waals surface area contributed by atoms with Crippen LogP contribution in [0, 0.1) is 0 Å². The summed E-state index contributed by atoms with van der Waals surface area (Å²) >= 11 is 0. The summed E-state index contributed by atoms with van der Waals surface area (Å²) in [7, 11) is 7.02. The molecule has 17 heavy (non-hydrogen) atoms. The van der Waals surface area contributed by atoms with Crippen molar-refractivity contribution in [2.45, 2.75) is 12.8 Å². The Morgan fingerprint density at radius 2 is 1.59 bits per heavy atom. The highest BCUT2D eigenvalue weighted by atomic mass is 15.4. The Bertz CT molecular complexity index is 258. The van der Waals surface area contributed by atoms with Gasteiger partial charge in [0.25, 0.3) is 0 Å². The maximum absolute atomic E-state index is 5.30. The van der Waals surface area contributed by atoms with Crippen molar-refractivity contribution < 1.29 is 8.97 Å². The van der Waals surface area contributed by atoms with Crippen LogP contribution in [-0.2, 0) is 0 Å². The van der Waals surface area contributed by atoms with Crippen molar-refractivity contribution in [2.24, 2.45) is 16.5 Å². The molecule has 0 atom stereocenters. The molecule has 100 valence electrons.